The predicted octanol–water partition coefficient (Wildman–Crippen LogP) is 2.30. The van der Waals surface area contributed by atoms with Gasteiger partial charge in [0.05, 0.1) is 0 Å². The molecular weight excluding hydrogens is 220 g/mol. The molecule has 12 heavy (non-hydrogen) atoms. The van der Waals surface area contributed by atoms with Gasteiger partial charge in [0.25, 0.3) is 0 Å². The van der Waals surface area contributed by atoms with Gasteiger partial charge in [0.15, 0.2) is 5.78 Å². The highest BCUT2D eigenvalue weighted by atomic mass is 79.9. The van der Waals surface area contributed by atoms with Crippen molar-refractivity contribution in [2.75, 3.05) is 11.9 Å². The molecule has 1 aliphatic heterocycles. The molecule has 3 heteroatoms. The fourth-order valence-corrected chi connectivity index (χ4v) is 1.68. The van der Waals surface area contributed by atoms with Crippen molar-refractivity contribution >= 4 is 21.7 Å². The highest BCUT2D eigenvalue weighted by molar-refractivity contribution is 9.09. The first kappa shape index (κ1) is 10.2. The first-order valence-electron chi connectivity index (χ1n) is 4.55. The zero-order chi connectivity index (χ0) is 8.81. The Morgan fingerprint density at radius 1 is 1.50 bits per heavy atom. The Balaban J connectivity index is 2.20. The first-order valence-corrected chi connectivity index (χ1v) is 5.67. The minimum Gasteiger partial charge on any atom is -0.370 e. The third kappa shape index (κ3) is 3.23. The average molecular weight is 235 g/mol. The molecule has 0 radical (unpaired) electrons. The monoisotopic (exact) mass is 234 g/mol. The topological polar surface area (TPSA) is 26.3 Å². The molecule has 0 saturated carbocycles. The Labute approximate surface area is 81.8 Å². The van der Waals surface area contributed by atoms with E-state index in [1.165, 1.54) is 0 Å². The zero-order valence-electron chi connectivity index (χ0n) is 7.22. The number of carbonyl (C=O) groups excluding carboxylic acids is 1. The number of hydrogen-bond donors (Lipinski definition) is 0. The molecule has 0 N–H and O–H groups in total. The van der Waals surface area contributed by atoms with Gasteiger partial charge in [-0.1, -0.05) is 15.9 Å². The number of carbonyl (C=O) groups is 1. The van der Waals surface area contributed by atoms with Gasteiger partial charge in [0.1, 0.15) is 6.10 Å². The van der Waals surface area contributed by atoms with Crippen LogP contribution in [0.3, 0.4) is 0 Å². The lowest BCUT2D eigenvalue weighted by Gasteiger charge is -2.20. The van der Waals surface area contributed by atoms with E-state index in [-0.39, 0.29) is 11.9 Å². The van der Waals surface area contributed by atoms with E-state index in [1.54, 1.807) is 0 Å². The third-order valence-corrected chi connectivity index (χ3v) is 2.66. The second-order valence-electron chi connectivity index (χ2n) is 3.11. The summed E-state index contributed by atoms with van der Waals surface area (Å²) >= 11 is 3.31. The van der Waals surface area contributed by atoms with Crippen molar-refractivity contribution in [1.82, 2.24) is 0 Å². The molecule has 0 spiro atoms. The normalized spacial score (nSPS) is 23.9. The molecule has 0 amide bonds. The number of halogens is 1. The Bertz CT molecular complexity index is 141. The summed E-state index contributed by atoms with van der Waals surface area (Å²) in [5.41, 5.74) is 0. The Morgan fingerprint density at radius 2 is 2.33 bits per heavy atom. The van der Waals surface area contributed by atoms with Gasteiger partial charge >= 0.3 is 0 Å². The van der Waals surface area contributed by atoms with Crippen LogP contribution in [-0.4, -0.2) is 23.8 Å². The van der Waals surface area contributed by atoms with Crippen molar-refractivity contribution in [1.29, 1.82) is 0 Å². The lowest BCUT2D eigenvalue weighted by Crippen LogP contribution is -2.28. The predicted molar refractivity (Wildman–Crippen MR) is 51.6 cm³/mol. The summed E-state index contributed by atoms with van der Waals surface area (Å²) in [4.78, 5) is 11.4. The van der Waals surface area contributed by atoms with Crippen molar-refractivity contribution in [3.63, 3.8) is 0 Å². The van der Waals surface area contributed by atoms with Crippen LogP contribution in [0.15, 0.2) is 0 Å². The molecule has 1 saturated heterocycles. The second-order valence-corrected chi connectivity index (χ2v) is 3.91. The van der Waals surface area contributed by atoms with Gasteiger partial charge in [0, 0.05) is 18.4 Å². The fourth-order valence-electron chi connectivity index (χ4n) is 1.40. The zero-order valence-corrected chi connectivity index (χ0v) is 8.81. The van der Waals surface area contributed by atoms with Gasteiger partial charge < -0.3 is 4.74 Å². The summed E-state index contributed by atoms with van der Waals surface area (Å²) in [5, 5.41) is 0.908. The highest BCUT2D eigenvalue weighted by Gasteiger charge is 2.20. The van der Waals surface area contributed by atoms with Crippen LogP contribution in [0.25, 0.3) is 0 Å². The molecule has 0 aromatic rings. The van der Waals surface area contributed by atoms with Crippen molar-refractivity contribution < 1.29 is 9.53 Å². The van der Waals surface area contributed by atoms with E-state index in [0.717, 1.165) is 37.6 Å². The maximum Gasteiger partial charge on any atom is 0.161 e. The number of ketones is 1. The molecule has 1 unspecified atom stereocenters. The highest BCUT2D eigenvalue weighted by Crippen LogP contribution is 2.15. The quantitative estimate of drug-likeness (QED) is 0.699. The smallest absolute Gasteiger partial charge is 0.161 e. The van der Waals surface area contributed by atoms with Crippen LogP contribution in [0.2, 0.25) is 0 Å². The molecule has 70 valence electrons. The van der Waals surface area contributed by atoms with Crippen LogP contribution in [-0.2, 0) is 9.53 Å². The number of Topliss-reactive ketones (excluding diaryl/α,β-unsaturated/α-hetero) is 1. The molecule has 1 heterocycles. The van der Waals surface area contributed by atoms with Gasteiger partial charge in [-0.2, -0.15) is 0 Å². The summed E-state index contributed by atoms with van der Waals surface area (Å²) < 4.78 is 5.37. The summed E-state index contributed by atoms with van der Waals surface area (Å²) in [6.45, 7) is 0.769. The minimum atomic E-state index is -0.0854. The van der Waals surface area contributed by atoms with Crippen molar-refractivity contribution in [2.45, 2.75) is 38.2 Å². The second kappa shape index (κ2) is 5.70. The molecule has 0 aromatic heterocycles. The summed E-state index contributed by atoms with van der Waals surface area (Å²) in [6, 6.07) is 0. The molecule has 0 aromatic carbocycles. The minimum absolute atomic E-state index is 0.0854. The van der Waals surface area contributed by atoms with Gasteiger partial charge in [-0.15, -0.1) is 0 Å². The molecular formula is C9H15BrO2. The van der Waals surface area contributed by atoms with Crippen molar-refractivity contribution in [3.8, 4) is 0 Å². The van der Waals surface area contributed by atoms with E-state index in [0.29, 0.717) is 6.42 Å². The summed E-state index contributed by atoms with van der Waals surface area (Å²) in [7, 11) is 0. The van der Waals surface area contributed by atoms with E-state index >= 15 is 0 Å². The lowest BCUT2D eigenvalue weighted by atomic mass is 10.0. The number of alkyl halides is 1. The Kier molecular flexibility index (Phi) is 4.84. The standard InChI is InChI=1S/C9H15BrO2/c10-6-3-4-8(11)9-5-1-2-7-12-9/h9H,1-7H2. The van der Waals surface area contributed by atoms with Gasteiger partial charge in [-0.25, -0.2) is 0 Å². The maximum atomic E-state index is 11.4. The molecule has 1 fully saturated rings. The maximum absolute atomic E-state index is 11.4. The molecule has 1 rings (SSSR count). The number of rotatable bonds is 4. The molecule has 0 aliphatic carbocycles. The molecule has 2 nitrogen and oxygen atoms in total. The lowest BCUT2D eigenvalue weighted by molar-refractivity contribution is -0.133. The van der Waals surface area contributed by atoms with Gasteiger partial charge in [-0.3, -0.25) is 4.79 Å². The van der Waals surface area contributed by atoms with Crippen LogP contribution in [0, 0.1) is 0 Å². The third-order valence-electron chi connectivity index (χ3n) is 2.10. The van der Waals surface area contributed by atoms with E-state index in [1.807, 2.05) is 0 Å². The van der Waals surface area contributed by atoms with Crippen molar-refractivity contribution in [2.24, 2.45) is 0 Å². The largest absolute Gasteiger partial charge is 0.370 e. The van der Waals surface area contributed by atoms with Crippen molar-refractivity contribution in [3.05, 3.63) is 0 Å². The number of hydrogen-bond acceptors (Lipinski definition) is 2. The van der Waals surface area contributed by atoms with E-state index in [9.17, 15) is 4.79 Å². The first-order chi connectivity index (χ1) is 5.84. The molecule has 1 aliphatic rings. The summed E-state index contributed by atoms with van der Waals surface area (Å²) in [5.74, 6) is 0.286. The molecule has 0 bridgehead atoms. The van der Waals surface area contributed by atoms with Crippen LogP contribution >= 0.6 is 15.9 Å². The Morgan fingerprint density at radius 3 is 2.92 bits per heavy atom. The van der Waals surface area contributed by atoms with E-state index < -0.39 is 0 Å². The SMILES string of the molecule is O=C(CCCBr)C1CCCCO1. The fraction of sp³-hybridized carbons (Fsp3) is 0.889. The van der Waals surface area contributed by atoms with Gasteiger partial charge in [0.2, 0.25) is 0 Å². The average Bonchev–Trinajstić information content (AvgIpc) is 2.15. The Hall–Kier alpha value is 0.110. The van der Waals surface area contributed by atoms with E-state index in [4.69, 9.17) is 4.74 Å². The van der Waals surface area contributed by atoms with Crippen LogP contribution < -0.4 is 0 Å². The van der Waals surface area contributed by atoms with Gasteiger partial charge in [-0.05, 0) is 25.7 Å². The number of ether oxygens (including phenoxy) is 1. The van der Waals surface area contributed by atoms with Crippen LogP contribution in [0.5, 0.6) is 0 Å². The molecule has 1 atom stereocenters. The van der Waals surface area contributed by atoms with Crippen LogP contribution in [0.1, 0.15) is 32.1 Å². The summed E-state index contributed by atoms with van der Waals surface area (Å²) in [6.07, 6.45) is 4.70. The van der Waals surface area contributed by atoms with E-state index in [2.05, 4.69) is 15.9 Å². The van der Waals surface area contributed by atoms with Crippen LogP contribution in [0.4, 0.5) is 0 Å².